The first-order valence-electron chi connectivity index (χ1n) is 8.19. The van der Waals surface area contributed by atoms with Crippen molar-refractivity contribution in [3.8, 4) is 0 Å². The highest BCUT2D eigenvalue weighted by Crippen LogP contribution is 2.28. The van der Waals surface area contributed by atoms with E-state index in [0.717, 1.165) is 43.0 Å². The Morgan fingerprint density at radius 3 is 2.70 bits per heavy atom. The molecular formula is C17H23N3O3. The number of aromatic nitrogens is 2. The quantitative estimate of drug-likeness (QED) is 0.869. The van der Waals surface area contributed by atoms with Crippen molar-refractivity contribution in [3.05, 3.63) is 34.4 Å². The van der Waals surface area contributed by atoms with Crippen LogP contribution < -0.4 is 0 Å². The highest BCUT2D eigenvalue weighted by Gasteiger charge is 2.31. The summed E-state index contributed by atoms with van der Waals surface area (Å²) in [6.45, 7) is 9.06. The van der Waals surface area contributed by atoms with Crippen LogP contribution in [0.25, 0.3) is 0 Å². The lowest BCUT2D eigenvalue weighted by Gasteiger charge is -2.31. The molecule has 1 saturated heterocycles. The lowest BCUT2D eigenvalue weighted by Crippen LogP contribution is -2.39. The zero-order chi connectivity index (χ0) is 16.6. The van der Waals surface area contributed by atoms with Crippen LogP contribution in [0, 0.1) is 20.8 Å². The fraction of sp³-hybridized carbons (Fsp3) is 0.588. The summed E-state index contributed by atoms with van der Waals surface area (Å²) >= 11 is 0. The second-order valence-electron chi connectivity index (χ2n) is 6.20. The molecule has 124 valence electrons. The van der Waals surface area contributed by atoms with Crippen molar-refractivity contribution >= 4 is 5.91 Å². The van der Waals surface area contributed by atoms with Crippen molar-refractivity contribution in [3.63, 3.8) is 0 Å². The SMILES string of the molecule is CCc1nc([C@H]2CCCN(C(=O)c3c(C)oc(C)c3C)C2)no1. The van der Waals surface area contributed by atoms with Gasteiger partial charge in [-0.05, 0) is 33.6 Å². The van der Waals surface area contributed by atoms with Gasteiger partial charge in [0.25, 0.3) is 5.91 Å². The van der Waals surface area contributed by atoms with E-state index in [4.69, 9.17) is 8.94 Å². The van der Waals surface area contributed by atoms with Gasteiger partial charge in [0.1, 0.15) is 11.5 Å². The van der Waals surface area contributed by atoms with Crippen molar-refractivity contribution in [2.24, 2.45) is 0 Å². The normalized spacial score (nSPS) is 18.4. The summed E-state index contributed by atoms with van der Waals surface area (Å²) in [6.07, 6.45) is 2.66. The van der Waals surface area contributed by atoms with Crippen molar-refractivity contribution in [1.82, 2.24) is 15.0 Å². The van der Waals surface area contributed by atoms with E-state index in [1.165, 1.54) is 0 Å². The van der Waals surface area contributed by atoms with E-state index in [9.17, 15) is 4.79 Å². The summed E-state index contributed by atoms with van der Waals surface area (Å²) in [4.78, 5) is 19.2. The molecule has 6 heteroatoms. The average Bonchev–Trinajstić information content (AvgIpc) is 3.12. The van der Waals surface area contributed by atoms with Crippen molar-refractivity contribution in [2.75, 3.05) is 13.1 Å². The van der Waals surface area contributed by atoms with Crippen LogP contribution in [0.5, 0.6) is 0 Å². The zero-order valence-corrected chi connectivity index (χ0v) is 14.2. The summed E-state index contributed by atoms with van der Waals surface area (Å²) in [7, 11) is 0. The van der Waals surface area contributed by atoms with Crippen molar-refractivity contribution < 1.29 is 13.7 Å². The van der Waals surface area contributed by atoms with E-state index in [1.807, 2.05) is 32.6 Å². The van der Waals surface area contributed by atoms with Gasteiger partial charge >= 0.3 is 0 Å². The van der Waals surface area contributed by atoms with Crippen molar-refractivity contribution in [1.29, 1.82) is 0 Å². The second-order valence-corrected chi connectivity index (χ2v) is 6.20. The Kier molecular flexibility index (Phi) is 4.24. The van der Waals surface area contributed by atoms with E-state index in [0.29, 0.717) is 23.8 Å². The maximum atomic E-state index is 12.9. The first-order chi connectivity index (χ1) is 11.0. The molecule has 0 radical (unpaired) electrons. The van der Waals surface area contributed by atoms with Gasteiger partial charge in [-0.1, -0.05) is 12.1 Å². The number of hydrogen-bond acceptors (Lipinski definition) is 5. The summed E-state index contributed by atoms with van der Waals surface area (Å²) in [5.74, 6) is 3.06. The molecule has 1 aliphatic heterocycles. The molecule has 3 rings (SSSR count). The third-order valence-corrected chi connectivity index (χ3v) is 4.64. The van der Waals surface area contributed by atoms with Gasteiger partial charge < -0.3 is 13.8 Å². The Balaban J connectivity index is 1.79. The molecule has 1 amide bonds. The van der Waals surface area contributed by atoms with Crippen LogP contribution in [-0.2, 0) is 6.42 Å². The molecule has 2 aromatic rings. The first-order valence-corrected chi connectivity index (χ1v) is 8.19. The van der Waals surface area contributed by atoms with E-state index >= 15 is 0 Å². The largest absolute Gasteiger partial charge is 0.466 e. The fourth-order valence-corrected chi connectivity index (χ4v) is 3.22. The van der Waals surface area contributed by atoms with E-state index < -0.39 is 0 Å². The number of rotatable bonds is 3. The van der Waals surface area contributed by atoms with Crippen LogP contribution in [0.15, 0.2) is 8.94 Å². The predicted molar refractivity (Wildman–Crippen MR) is 84.5 cm³/mol. The summed E-state index contributed by atoms with van der Waals surface area (Å²) in [6, 6.07) is 0. The number of likely N-dealkylation sites (tertiary alicyclic amines) is 1. The minimum atomic E-state index is 0.0424. The second kappa shape index (κ2) is 6.18. The molecule has 1 atom stereocenters. The lowest BCUT2D eigenvalue weighted by atomic mass is 9.96. The number of carbonyl (C=O) groups is 1. The molecule has 1 aliphatic rings. The molecule has 3 heterocycles. The summed E-state index contributed by atoms with van der Waals surface area (Å²) in [5, 5.41) is 4.07. The van der Waals surface area contributed by atoms with Gasteiger partial charge in [-0.3, -0.25) is 4.79 Å². The van der Waals surface area contributed by atoms with E-state index in [2.05, 4.69) is 10.1 Å². The van der Waals surface area contributed by atoms with Gasteiger partial charge in [0.05, 0.1) is 5.56 Å². The number of aryl methyl sites for hydroxylation is 3. The monoisotopic (exact) mass is 317 g/mol. The molecule has 0 N–H and O–H groups in total. The fourth-order valence-electron chi connectivity index (χ4n) is 3.22. The number of amides is 1. The van der Waals surface area contributed by atoms with Gasteiger partial charge in [0.15, 0.2) is 5.82 Å². The lowest BCUT2D eigenvalue weighted by molar-refractivity contribution is 0.0701. The molecule has 1 fully saturated rings. The maximum absolute atomic E-state index is 12.9. The number of carbonyl (C=O) groups excluding carboxylic acids is 1. The van der Waals surface area contributed by atoms with Crippen LogP contribution in [0.3, 0.4) is 0 Å². The van der Waals surface area contributed by atoms with E-state index in [1.54, 1.807) is 0 Å². The molecule has 0 unspecified atom stereocenters. The number of furan rings is 1. The van der Waals surface area contributed by atoms with Gasteiger partial charge in [-0.2, -0.15) is 4.98 Å². The maximum Gasteiger partial charge on any atom is 0.257 e. The van der Waals surface area contributed by atoms with Crippen LogP contribution in [0.4, 0.5) is 0 Å². The minimum Gasteiger partial charge on any atom is -0.466 e. The summed E-state index contributed by atoms with van der Waals surface area (Å²) in [5.41, 5.74) is 1.63. The Bertz CT molecular complexity index is 717. The van der Waals surface area contributed by atoms with Gasteiger partial charge in [-0.25, -0.2) is 0 Å². The molecule has 6 nitrogen and oxygen atoms in total. The highest BCUT2D eigenvalue weighted by molar-refractivity contribution is 5.97. The smallest absolute Gasteiger partial charge is 0.257 e. The number of piperidine rings is 1. The highest BCUT2D eigenvalue weighted by atomic mass is 16.5. The van der Waals surface area contributed by atoms with Gasteiger partial charge in [-0.15, -0.1) is 0 Å². The zero-order valence-electron chi connectivity index (χ0n) is 14.2. The van der Waals surface area contributed by atoms with Crippen LogP contribution in [-0.4, -0.2) is 34.0 Å². The Morgan fingerprint density at radius 1 is 1.30 bits per heavy atom. The molecule has 0 bridgehead atoms. The summed E-state index contributed by atoms with van der Waals surface area (Å²) < 4.78 is 10.8. The third-order valence-electron chi connectivity index (χ3n) is 4.64. The first kappa shape index (κ1) is 15.8. The molecule has 23 heavy (non-hydrogen) atoms. The molecule has 0 spiro atoms. The Hall–Kier alpha value is -2.11. The number of nitrogens with zero attached hydrogens (tertiary/aromatic N) is 3. The molecule has 2 aromatic heterocycles. The Morgan fingerprint density at radius 2 is 2.09 bits per heavy atom. The van der Waals surface area contributed by atoms with Crippen molar-refractivity contribution in [2.45, 2.75) is 52.9 Å². The van der Waals surface area contributed by atoms with Crippen LogP contribution in [0.2, 0.25) is 0 Å². The molecule has 0 aliphatic carbocycles. The molecule has 0 aromatic carbocycles. The minimum absolute atomic E-state index is 0.0424. The third kappa shape index (κ3) is 2.90. The predicted octanol–water partition coefficient (Wildman–Crippen LogP) is 3.17. The average molecular weight is 317 g/mol. The van der Waals surface area contributed by atoms with Gasteiger partial charge in [0, 0.05) is 31.0 Å². The molecular weight excluding hydrogens is 294 g/mol. The van der Waals surface area contributed by atoms with Crippen LogP contribution >= 0.6 is 0 Å². The molecule has 0 saturated carbocycles. The Labute approximate surface area is 135 Å². The van der Waals surface area contributed by atoms with Crippen LogP contribution in [0.1, 0.15) is 64.8 Å². The standard InChI is InChI=1S/C17H23N3O3/c1-5-14-18-16(19-23-14)13-7-6-8-20(9-13)17(21)15-10(2)11(3)22-12(15)4/h13H,5-9H2,1-4H3/t13-/m0/s1. The van der Waals surface area contributed by atoms with Gasteiger partial charge in [0.2, 0.25) is 5.89 Å². The topological polar surface area (TPSA) is 72.4 Å². The number of hydrogen-bond donors (Lipinski definition) is 0. The van der Waals surface area contributed by atoms with E-state index in [-0.39, 0.29) is 11.8 Å².